The minimum Gasteiger partial charge on any atom is -0.452 e. The molecule has 150 valence electrons. The molecule has 4 saturated carbocycles. The predicted molar refractivity (Wildman–Crippen MR) is 107 cm³/mol. The number of benzene rings is 1. The fraction of sp³-hybridized carbons (Fsp3) is 0.652. The number of carbonyl (C=O) groups is 2. The summed E-state index contributed by atoms with van der Waals surface area (Å²) in [4.78, 5) is 27.7. The zero-order valence-electron chi connectivity index (χ0n) is 16.5. The monoisotopic (exact) mass is 401 g/mol. The van der Waals surface area contributed by atoms with Crippen LogP contribution in [0.5, 0.6) is 0 Å². The SMILES string of the molecule is C[C@@H](OC(=O)C12C[C@@H]3C[C@@H](CC(Cl)(C3)C1)C2)C(=O)N1CCc2ccccc2C1. The van der Waals surface area contributed by atoms with Crippen molar-refractivity contribution in [1.29, 1.82) is 0 Å². The van der Waals surface area contributed by atoms with Gasteiger partial charge in [0.05, 0.1) is 5.41 Å². The number of amides is 1. The van der Waals surface area contributed by atoms with Crippen LogP contribution in [0.25, 0.3) is 0 Å². The Morgan fingerprint density at radius 3 is 2.50 bits per heavy atom. The fourth-order valence-electron chi connectivity index (χ4n) is 6.67. The van der Waals surface area contributed by atoms with Crippen molar-refractivity contribution in [3.8, 4) is 0 Å². The first-order chi connectivity index (χ1) is 13.4. The van der Waals surface area contributed by atoms with Gasteiger partial charge in [-0.2, -0.15) is 0 Å². The molecular weight excluding hydrogens is 374 g/mol. The molecule has 1 aliphatic heterocycles. The molecule has 4 bridgehead atoms. The van der Waals surface area contributed by atoms with Crippen LogP contribution in [0.15, 0.2) is 24.3 Å². The summed E-state index contributed by atoms with van der Waals surface area (Å²) in [6.07, 6.45) is 5.85. The molecule has 1 amide bonds. The van der Waals surface area contributed by atoms with Gasteiger partial charge in [0.1, 0.15) is 0 Å². The second-order valence-corrected chi connectivity index (χ2v) is 10.5. The second-order valence-electron chi connectivity index (χ2n) is 9.72. The van der Waals surface area contributed by atoms with Crippen LogP contribution in [0, 0.1) is 17.3 Å². The highest BCUT2D eigenvalue weighted by molar-refractivity contribution is 6.24. The molecule has 6 rings (SSSR count). The van der Waals surface area contributed by atoms with E-state index in [2.05, 4.69) is 12.1 Å². The standard InChI is InChI=1S/C23H28ClNO3/c1-15(20(26)25-7-6-18-4-2-3-5-19(18)13-25)28-21(27)22-9-16-8-17(10-22)12-23(24,11-16)14-22/h2-5,15-17H,6-14H2,1H3/t15-,16-,17+,22?,23?/m1/s1. The summed E-state index contributed by atoms with van der Waals surface area (Å²) in [5.41, 5.74) is 2.03. The molecule has 4 nitrogen and oxygen atoms in total. The van der Waals surface area contributed by atoms with Gasteiger partial charge in [0.25, 0.3) is 5.91 Å². The maximum absolute atomic E-state index is 13.2. The Bertz CT molecular complexity index is 808. The number of rotatable bonds is 3. The summed E-state index contributed by atoms with van der Waals surface area (Å²) in [5.74, 6) is 0.796. The highest BCUT2D eigenvalue weighted by atomic mass is 35.5. The number of hydrogen-bond donors (Lipinski definition) is 0. The van der Waals surface area contributed by atoms with Gasteiger partial charge in [0, 0.05) is 18.0 Å². The van der Waals surface area contributed by atoms with Crippen LogP contribution < -0.4 is 0 Å². The van der Waals surface area contributed by atoms with Crippen LogP contribution in [0.1, 0.15) is 56.6 Å². The lowest BCUT2D eigenvalue weighted by atomic mass is 9.49. The Morgan fingerprint density at radius 1 is 1.14 bits per heavy atom. The largest absolute Gasteiger partial charge is 0.452 e. The lowest BCUT2D eigenvalue weighted by molar-refractivity contribution is -0.179. The van der Waals surface area contributed by atoms with Gasteiger partial charge in [-0.25, -0.2) is 0 Å². The van der Waals surface area contributed by atoms with E-state index in [0.29, 0.717) is 31.3 Å². The number of alkyl halides is 1. The quantitative estimate of drug-likeness (QED) is 0.566. The van der Waals surface area contributed by atoms with E-state index in [-0.39, 0.29) is 16.8 Å². The van der Waals surface area contributed by atoms with Gasteiger partial charge >= 0.3 is 5.97 Å². The number of carbonyl (C=O) groups excluding carboxylic acids is 2. The Labute approximate surface area is 171 Å². The highest BCUT2D eigenvalue weighted by Crippen LogP contribution is 2.64. The molecule has 5 atom stereocenters. The molecule has 2 unspecified atom stereocenters. The van der Waals surface area contributed by atoms with Crippen LogP contribution in [0.4, 0.5) is 0 Å². The maximum Gasteiger partial charge on any atom is 0.312 e. The lowest BCUT2D eigenvalue weighted by Crippen LogP contribution is -2.57. The Balaban J connectivity index is 1.26. The average molecular weight is 402 g/mol. The summed E-state index contributed by atoms with van der Waals surface area (Å²) in [6, 6.07) is 8.23. The lowest BCUT2D eigenvalue weighted by Gasteiger charge is -2.58. The number of nitrogens with zero attached hydrogens (tertiary/aromatic N) is 1. The van der Waals surface area contributed by atoms with Gasteiger partial charge in [-0.1, -0.05) is 24.3 Å². The summed E-state index contributed by atoms with van der Waals surface area (Å²) in [6.45, 7) is 2.99. The Morgan fingerprint density at radius 2 is 1.82 bits per heavy atom. The number of hydrogen-bond acceptors (Lipinski definition) is 3. The fourth-order valence-corrected chi connectivity index (χ4v) is 7.36. The molecule has 4 aliphatic carbocycles. The van der Waals surface area contributed by atoms with Crippen LogP contribution in [-0.4, -0.2) is 34.3 Å². The second kappa shape index (κ2) is 6.48. The zero-order chi connectivity index (χ0) is 19.5. The molecule has 0 radical (unpaired) electrons. The van der Waals surface area contributed by atoms with E-state index in [1.54, 1.807) is 6.92 Å². The zero-order valence-corrected chi connectivity index (χ0v) is 17.2. The Kier molecular flexibility index (Phi) is 4.28. The summed E-state index contributed by atoms with van der Waals surface area (Å²) < 4.78 is 5.79. The molecule has 28 heavy (non-hydrogen) atoms. The van der Waals surface area contributed by atoms with Crippen molar-refractivity contribution in [1.82, 2.24) is 4.90 Å². The first-order valence-corrected chi connectivity index (χ1v) is 11.0. The van der Waals surface area contributed by atoms with Crippen molar-refractivity contribution in [2.24, 2.45) is 17.3 Å². The van der Waals surface area contributed by atoms with Gasteiger partial charge in [-0.15, -0.1) is 11.6 Å². The third kappa shape index (κ3) is 3.04. The third-order valence-electron chi connectivity index (χ3n) is 7.50. The molecule has 5 heteroatoms. The molecule has 5 aliphatic rings. The van der Waals surface area contributed by atoms with E-state index >= 15 is 0 Å². The first kappa shape index (κ1) is 18.5. The van der Waals surface area contributed by atoms with Crippen LogP contribution in [-0.2, 0) is 27.3 Å². The molecule has 0 aromatic heterocycles. The molecule has 1 heterocycles. The van der Waals surface area contributed by atoms with Gasteiger partial charge in [-0.05, 0) is 74.8 Å². The molecular formula is C23H28ClNO3. The normalized spacial score (nSPS) is 36.7. The van der Waals surface area contributed by atoms with Gasteiger partial charge in [0.2, 0.25) is 0 Å². The topological polar surface area (TPSA) is 46.6 Å². The summed E-state index contributed by atoms with van der Waals surface area (Å²) in [7, 11) is 0. The van der Waals surface area contributed by atoms with Crippen LogP contribution >= 0.6 is 11.6 Å². The van der Waals surface area contributed by atoms with E-state index in [1.807, 2.05) is 17.0 Å². The van der Waals surface area contributed by atoms with Crippen molar-refractivity contribution in [3.63, 3.8) is 0 Å². The number of halogens is 1. The molecule has 0 N–H and O–H groups in total. The van der Waals surface area contributed by atoms with Crippen molar-refractivity contribution in [2.45, 2.75) is 69.4 Å². The number of esters is 1. The summed E-state index contributed by atoms with van der Waals surface area (Å²) >= 11 is 6.85. The maximum atomic E-state index is 13.2. The van der Waals surface area contributed by atoms with E-state index in [1.165, 1.54) is 17.5 Å². The van der Waals surface area contributed by atoms with E-state index in [0.717, 1.165) is 32.1 Å². The smallest absolute Gasteiger partial charge is 0.312 e. The van der Waals surface area contributed by atoms with Crippen molar-refractivity contribution in [2.75, 3.05) is 6.54 Å². The Hall–Kier alpha value is -1.55. The molecule has 0 spiro atoms. The predicted octanol–water partition coefficient (Wildman–Crippen LogP) is 4.08. The van der Waals surface area contributed by atoms with E-state index in [4.69, 9.17) is 16.3 Å². The van der Waals surface area contributed by atoms with Gasteiger partial charge < -0.3 is 9.64 Å². The van der Waals surface area contributed by atoms with E-state index < -0.39 is 11.5 Å². The minimum atomic E-state index is -0.739. The minimum absolute atomic E-state index is 0.0897. The third-order valence-corrected chi connectivity index (χ3v) is 7.94. The van der Waals surface area contributed by atoms with Crippen LogP contribution in [0.3, 0.4) is 0 Å². The average Bonchev–Trinajstić information content (AvgIpc) is 2.65. The number of ether oxygens (including phenoxy) is 1. The highest BCUT2D eigenvalue weighted by Gasteiger charge is 2.61. The van der Waals surface area contributed by atoms with Crippen molar-refractivity contribution in [3.05, 3.63) is 35.4 Å². The van der Waals surface area contributed by atoms with E-state index in [9.17, 15) is 9.59 Å². The molecule has 1 aromatic carbocycles. The van der Waals surface area contributed by atoms with Gasteiger partial charge in [-0.3, -0.25) is 9.59 Å². The molecule has 0 saturated heterocycles. The van der Waals surface area contributed by atoms with Gasteiger partial charge in [0.15, 0.2) is 6.10 Å². The molecule has 4 fully saturated rings. The molecule has 1 aromatic rings. The summed E-state index contributed by atoms with van der Waals surface area (Å²) in [5, 5.41) is 0. The van der Waals surface area contributed by atoms with Crippen molar-refractivity contribution < 1.29 is 14.3 Å². The first-order valence-electron chi connectivity index (χ1n) is 10.6. The van der Waals surface area contributed by atoms with Crippen molar-refractivity contribution >= 4 is 23.5 Å². The van der Waals surface area contributed by atoms with Crippen LogP contribution in [0.2, 0.25) is 0 Å². The number of fused-ring (bicyclic) bond motifs is 1.